The average molecular weight is 430 g/mol. The lowest BCUT2D eigenvalue weighted by Crippen LogP contribution is -2.44. The van der Waals surface area contributed by atoms with Gasteiger partial charge in [0.05, 0.1) is 6.04 Å². The summed E-state index contributed by atoms with van der Waals surface area (Å²) in [6, 6.07) is 41.6. The van der Waals surface area contributed by atoms with Gasteiger partial charge < -0.3 is 0 Å². The van der Waals surface area contributed by atoms with Gasteiger partial charge in [-0.2, -0.15) is 0 Å². The highest BCUT2D eigenvalue weighted by atomic mass is 16.1. The molecule has 0 amide bonds. The second-order valence-electron chi connectivity index (χ2n) is 9.37. The molecule has 1 heterocycles. The first-order chi connectivity index (χ1) is 16.2. The topological polar surface area (TPSA) is 29.1 Å². The predicted molar refractivity (Wildman–Crippen MR) is 132 cm³/mol. The van der Waals surface area contributed by atoms with Crippen LogP contribution in [0, 0.1) is 5.92 Å². The van der Waals surface area contributed by atoms with Crippen LogP contribution in [-0.2, 0) is 10.8 Å². The summed E-state index contributed by atoms with van der Waals surface area (Å²) in [5, 5.41) is 3.86. The molecule has 33 heavy (non-hydrogen) atoms. The highest BCUT2D eigenvalue weighted by molar-refractivity contribution is 6.03. The Morgan fingerprint density at radius 1 is 0.636 bits per heavy atom. The van der Waals surface area contributed by atoms with Gasteiger partial charge in [0.2, 0.25) is 0 Å². The van der Waals surface area contributed by atoms with Crippen molar-refractivity contribution >= 4 is 5.78 Å². The van der Waals surface area contributed by atoms with Gasteiger partial charge in [-0.3, -0.25) is 10.1 Å². The fourth-order valence-electron chi connectivity index (χ4n) is 6.92. The number of hydrogen-bond acceptors (Lipinski definition) is 2. The number of carbonyl (C=O) groups excluding carboxylic acids is 1. The number of benzene rings is 4. The van der Waals surface area contributed by atoms with Crippen molar-refractivity contribution in [1.82, 2.24) is 5.32 Å². The minimum absolute atomic E-state index is 0.0361. The molecule has 0 aromatic heterocycles. The molecule has 1 aliphatic heterocycles. The molecule has 0 bridgehead atoms. The second-order valence-corrected chi connectivity index (χ2v) is 9.37. The standard InChI is InChI=1S/C31H27NO/c1-22-30(25-18-10-4-11-19-25)28(24-16-8-3-9-17-24)32-29(27(33)23-14-6-2-7-15-23)31(22,30)26-20-12-5-13-21-26/h2-22,28-29,32H,1H3. The van der Waals surface area contributed by atoms with E-state index in [9.17, 15) is 4.79 Å². The monoisotopic (exact) mass is 429 g/mol. The van der Waals surface area contributed by atoms with Crippen LogP contribution < -0.4 is 5.32 Å². The maximum Gasteiger partial charge on any atom is 0.180 e. The van der Waals surface area contributed by atoms with Crippen molar-refractivity contribution in [2.45, 2.75) is 29.8 Å². The molecule has 2 nitrogen and oxygen atoms in total. The first-order valence-corrected chi connectivity index (χ1v) is 11.7. The van der Waals surface area contributed by atoms with Crippen molar-refractivity contribution in [2.24, 2.45) is 5.92 Å². The fraction of sp³-hybridized carbons (Fsp3) is 0.194. The smallest absolute Gasteiger partial charge is 0.180 e. The molecule has 1 saturated carbocycles. The summed E-state index contributed by atoms with van der Waals surface area (Å²) >= 11 is 0. The van der Waals surface area contributed by atoms with Crippen molar-refractivity contribution in [1.29, 1.82) is 0 Å². The summed E-state index contributed by atoms with van der Waals surface area (Å²) in [6.07, 6.45) is 0. The Morgan fingerprint density at radius 3 is 1.64 bits per heavy atom. The van der Waals surface area contributed by atoms with Crippen LogP contribution in [0.4, 0.5) is 0 Å². The van der Waals surface area contributed by atoms with Gasteiger partial charge in [-0.05, 0) is 22.6 Å². The maximum absolute atomic E-state index is 14.1. The first kappa shape index (κ1) is 20.1. The Balaban J connectivity index is 1.62. The number of rotatable bonds is 5. The number of ketones is 1. The third kappa shape index (κ3) is 2.62. The van der Waals surface area contributed by atoms with Gasteiger partial charge in [0.25, 0.3) is 0 Å². The summed E-state index contributed by atoms with van der Waals surface area (Å²) in [5.74, 6) is 0.460. The number of fused-ring (bicyclic) bond motifs is 1. The third-order valence-electron chi connectivity index (χ3n) is 8.17. The van der Waals surface area contributed by atoms with Gasteiger partial charge in [0, 0.05) is 22.4 Å². The van der Waals surface area contributed by atoms with E-state index in [-0.39, 0.29) is 28.7 Å². The Hall–Kier alpha value is -3.49. The highest BCUT2D eigenvalue weighted by Crippen LogP contribution is 2.79. The molecule has 0 radical (unpaired) electrons. The number of Topliss-reactive ketones (excluding diaryl/α,β-unsaturated/α-hetero) is 1. The van der Waals surface area contributed by atoms with Crippen molar-refractivity contribution in [3.8, 4) is 0 Å². The van der Waals surface area contributed by atoms with Crippen LogP contribution in [0.15, 0.2) is 121 Å². The van der Waals surface area contributed by atoms with Crippen LogP contribution in [0.5, 0.6) is 0 Å². The molecular weight excluding hydrogens is 402 g/mol. The number of nitrogens with one attached hydrogen (secondary N) is 1. The van der Waals surface area contributed by atoms with E-state index in [1.165, 1.54) is 16.7 Å². The molecule has 2 fully saturated rings. The molecule has 0 spiro atoms. The molecule has 4 aromatic rings. The van der Waals surface area contributed by atoms with Gasteiger partial charge in [0.15, 0.2) is 5.78 Å². The largest absolute Gasteiger partial charge is 0.299 e. The molecule has 2 aliphatic rings. The molecule has 2 heteroatoms. The lowest BCUT2D eigenvalue weighted by Gasteiger charge is -2.27. The van der Waals surface area contributed by atoms with E-state index in [1.54, 1.807) is 0 Å². The molecule has 4 aromatic carbocycles. The van der Waals surface area contributed by atoms with Crippen LogP contribution in [0.1, 0.15) is 40.0 Å². The van der Waals surface area contributed by atoms with E-state index in [2.05, 4.69) is 103 Å². The van der Waals surface area contributed by atoms with Crippen molar-refractivity contribution in [3.05, 3.63) is 144 Å². The third-order valence-corrected chi connectivity index (χ3v) is 8.17. The zero-order valence-electron chi connectivity index (χ0n) is 18.7. The maximum atomic E-state index is 14.1. The molecule has 5 unspecified atom stereocenters. The second kappa shape index (κ2) is 7.54. The van der Waals surface area contributed by atoms with Gasteiger partial charge in [-0.1, -0.05) is 128 Å². The van der Waals surface area contributed by atoms with E-state index in [1.807, 2.05) is 30.3 Å². The molecular formula is C31H27NO. The van der Waals surface area contributed by atoms with E-state index >= 15 is 0 Å². The molecule has 1 saturated heterocycles. The summed E-state index contributed by atoms with van der Waals surface area (Å²) in [6.45, 7) is 2.34. The molecule has 1 N–H and O–H groups in total. The van der Waals surface area contributed by atoms with Crippen molar-refractivity contribution in [3.63, 3.8) is 0 Å². The van der Waals surface area contributed by atoms with Crippen molar-refractivity contribution in [2.75, 3.05) is 0 Å². The highest BCUT2D eigenvalue weighted by Gasteiger charge is 2.85. The molecule has 6 rings (SSSR count). The Labute approximate surface area is 195 Å². The Kier molecular flexibility index (Phi) is 4.60. The molecule has 5 atom stereocenters. The molecule has 1 aliphatic carbocycles. The average Bonchev–Trinajstić information content (AvgIpc) is 3.29. The van der Waals surface area contributed by atoms with Gasteiger partial charge in [-0.15, -0.1) is 0 Å². The summed E-state index contributed by atoms with van der Waals surface area (Å²) < 4.78 is 0. The van der Waals surface area contributed by atoms with E-state index < -0.39 is 0 Å². The van der Waals surface area contributed by atoms with E-state index in [0.29, 0.717) is 5.92 Å². The first-order valence-electron chi connectivity index (χ1n) is 11.7. The lowest BCUT2D eigenvalue weighted by molar-refractivity contribution is 0.0924. The summed E-state index contributed by atoms with van der Waals surface area (Å²) in [4.78, 5) is 14.1. The Morgan fingerprint density at radius 2 is 1.09 bits per heavy atom. The van der Waals surface area contributed by atoms with E-state index in [0.717, 1.165) is 5.56 Å². The SMILES string of the molecule is CC1C2(c3ccccc3)C(C(=O)c3ccccc3)NC(c3ccccc3)C12c1ccccc1. The molecule has 162 valence electrons. The van der Waals surface area contributed by atoms with E-state index in [4.69, 9.17) is 0 Å². The number of carbonyl (C=O) groups is 1. The minimum atomic E-state index is -0.330. The summed E-state index contributed by atoms with van der Waals surface area (Å²) in [7, 11) is 0. The van der Waals surface area contributed by atoms with Crippen LogP contribution >= 0.6 is 0 Å². The Bertz CT molecular complexity index is 1270. The van der Waals surface area contributed by atoms with Crippen LogP contribution in [0.2, 0.25) is 0 Å². The predicted octanol–water partition coefficient (Wildman–Crippen LogP) is 6.11. The zero-order chi connectivity index (χ0) is 22.5. The van der Waals surface area contributed by atoms with Crippen LogP contribution in [0.3, 0.4) is 0 Å². The van der Waals surface area contributed by atoms with Gasteiger partial charge >= 0.3 is 0 Å². The van der Waals surface area contributed by atoms with Crippen LogP contribution in [0.25, 0.3) is 0 Å². The summed E-state index contributed by atoms with van der Waals surface area (Å²) in [5.41, 5.74) is 3.98. The van der Waals surface area contributed by atoms with Crippen molar-refractivity contribution < 1.29 is 4.79 Å². The number of piperidine rings is 1. The van der Waals surface area contributed by atoms with Crippen LogP contribution in [-0.4, -0.2) is 11.8 Å². The normalized spacial score (nSPS) is 29.9. The zero-order valence-corrected chi connectivity index (χ0v) is 18.7. The number of hydrogen-bond donors (Lipinski definition) is 1. The van der Waals surface area contributed by atoms with Gasteiger partial charge in [0.1, 0.15) is 0 Å². The quantitative estimate of drug-likeness (QED) is 0.388. The fourth-order valence-corrected chi connectivity index (χ4v) is 6.92. The minimum Gasteiger partial charge on any atom is -0.299 e. The lowest BCUT2D eigenvalue weighted by atomic mass is 9.75. The van der Waals surface area contributed by atoms with Gasteiger partial charge in [-0.25, -0.2) is 0 Å².